The number of benzene rings is 2. The summed E-state index contributed by atoms with van der Waals surface area (Å²) in [5.74, 6) is 0. The van der Waals surface area contributed by atoms with E-state index in [0.717, 1.165) is 22.3 Å². The van der Waals surface area contributed by atoms with Crippen LogP contribution in [0, 0.1) is 0 Å². The molecule has 6 heteroatoms. The summed E-state index contributed by atoms with van der Waals surface area (Å²) in [4.78, 5) is 0. The minimum absolute atomic E-state index is 0.0535. The van der Waals surface area contributed by atoms with E-state index in [2.05, 4.69) is 21.2 Å². The molecule has 0 atom stereocenters. The molecular formula is C13H10BrF3N2. The maximum absolute atomic E-state index is 12.5. The van der Waals surface area contributed by atoms with Crippen molar-refractivity contribution in [1.29, 1.82) is 0 Å². The quantitative estimate of drug-likeness (QED) is 0.776. The number of anilines is 3. The van der Waals surface area contributed by atoms with Gasteiger partial charge in [-0.2, -0.15) is 13.2 Å². The van der Waals surface area contributed by atoms with Crippen LogP contribution in [0.25, 0.3) is 0 Å². The summed E-state index contributed by atoms with van der Waals surface area (Å²) in [5.41, 5.74) is 6.10. The Labute approximate surface area is 116 Å². The molecule has 2 aromatic rings. The summed E-state index contributed by atoms with van der Waals surface area (Å²) in [6.45, 7) is 0. The summed E-state index contributed by atoms with van der Waals surface area (Å²) in [6.07, 6.45) is -4.38. The number of hydrogen-bond donors (Lipinski definition) is 2. The molecule has 0 spiro atoms. The fourth-order valence-corrected chi connectivity index (χ4v) is 1.81. The molecule has 0 saturated carbocycles. The summed E-state index contributed by atoms with van der Waals surface area (Å²) in [6, 6.07) is 10.5. The fourth-order valence-electron chi connectivity index (χ4n) is 1.54. The monoisotopic (exact) mass is 330 g/mol. The molecule has 19 heavy (non-hydrogen) atoms. The number of halogens is 4. The van der Waals surface area contributed by atoms with Gasteiger partial charge in [0.2, 0.25) is 0 Å². The van der Waals surface area contributed by atoms with Crippen molar-refractivity contribution in [3.63, 3.8) is 0 Å². The maximum Gasteiger partial charge on any atom is 0.416 e. The van der Waals surface area contributed by atoms with Gasteiger partial charge in [-0.1, -0.05) is 15.9 Å². The molecule has 0 radical (unpaired) electrons. The highest BCUT2D eigenvalue weighted by molar-refractivity contribution is 9.10. The van der Waals surface area contributed by atoms with Gasteiger partial charge in [0.25, 0.3) is 0 Å². The van der Waals surface area contributed by atoms with Gasteiger partial charge < -0.3 is 11.1 Å². The third-order valence-electron chi connectivity index (χ3n) is 2.50. The van der Waals surface area contributed by atoms with Crippen LogP contribution in [0.4, 0.5) is 30.2 Å². The molecule has 2 aromatic carbocycles. The van der Waals surface area contributed by atoms with Gasteiger partial charge in [0.05, 0.1) is 16.9 Å². The molecule has 0 aliphatic heterocycles. The number of nitrogens with one attached hydrogen (secondary N) is 1. The molecule has 0 aliphatic rings. The van der Waals surface area contributed by atoms with Gasteiger partial charge in [-0.15, -0.1) is 0 Å². The summed E-state index contributed by atoms with van der Waals surface area (Å²) in [5, 5.41) is 2.96. The van der Waals surface area contributed by atoms with Crippen molar-refractivity contribution in [3.05, 3.63) is 52.5 Å². The second-order valence-corrected chi connectivity index (χ2v) is 4.85. The predicted octanol–water partition coefficient (Wildman–Crippen LogP) is 4.79. The van der Waals surface area contributed by atoms with E-state index in [1.165, 1.54) is 6.07 Å². The average molecular weight is 331 g/mol. The van der Waals surface area contributed by atoms with E-state index in [0.29, 0.717) is 5.69 Å². The third kappa shape index (κ3) is 3.41. The Balaban J connectivity index is 2.24. The standard InChI is InChI=1S/C13H10BrF3N2/c14-9-2-4-10(5-3-9)19-12-6-1-8(7-11(12)18)13(15,16)17/h1-7,19H,18H2. The molecule has 0 unspecified atom stereocenters. The molecule has 0 aromatic heterocycles. The van der Waals surface area contributed by atoms with Crippen LogP contribution in [0.1, 0.15) is 5.56 Å². The Morgan fingerprint density at radius 2 is 1.63 bits per heavy atom. The van der Waals surface area contributed by atoms with Crippen LogP contribution in [0.5, 0.6) is 0 Å². The van der Waals surface area contributed by atoms with Gasteiger partial charge in [-0.25, -0.2) is 0 Å². The van der Waals surface area contributed by atoms with Crippen LogP contribution in [-0.4, -0.2) is 0 Å². The number of alkyl halides is 3. The zero-order valence-corrected chi connectivity index (χ0v) is 11.2. The highest BCUT2D eigenvalue weighted by Crippen LogP contribution is 2.33. The molecule has 0 fully saturated rings. The molecule has 0 heterocycles. The first-order chi connectivity index (χ1) is 8.86. The minimum atomic E-state index is -4.38. The van der Waals surface area contributed by atoms with Gasteiger partial charge in [0.1, 0.15) is 0 Å². The van der Waals surface area contributed by atoms with E-state index in [1.54, 1.807) is 12.1 Å². The van der Waals surface area contributed by atoms with E-state index in [9.17, 15) is 13.2 Å². The Kier molecular flexibility index (Phi) is 3.71. The second-order valence-electron chi connectivity index (χ2n) is 3.93. The smallest absolute Gasteiger partial charge is 0.397 e. The van der Waals surface area contributed by atoms with Crippen LogP contribution < -0.4 is 11.1 Å². The number of nitrogen functional groups attached to an aromatic ring is 1. The molecule has 0 aliphatic carbocycles. The zero-order chi connectivity index (χ0) is 14.0. The Morgan fingerprint density at radius 3 is 2.16 bits per heavy atom. The van der Waals surface area contributed by atoms with Crippen LogP contribution >= 0.6 is 15.9 Å². The molecular weight excluding hydrogens is 321 g/mol. The lowest BCUT2D eigenvalue weighted by Crippen LogP contribution is -2.06. The summed E-state index contributed by atoms with van der Waals surface area (Å²) in [7, 11) is 0. The minimum Gasteiger partial charge on any atom is -0.397 e. The molecule has 0 amide bonds. The molecule has 100 valence electrons. The molecule has 2 nitrogen and oxygen atoms in total. The zero-order valence-electron chi connectivity index (χ0n) is 9.63. The van der Waals surface area contributed by atoms with Crippen LogP contribution in [0.2, 0.25) is 0 Å². The first kappa shape index (κ1) is 13.7. The lowest BCUT2D eigenvalue weighted by atomic mass is 10.1. The summed E-state index contributed by atoms with van der Waals surface area (Å²) < 4.78 is 38.4. The second kappa shape index (κ2) is 5.13. The van der Waals surface area contributed by atoms with Gasteiger partial charge in [0, 0.05) is 10.2 Å². The Bertz CT molecular complexity index is 579. The largest absolute Gasteiger partial charge is 0.416 e. The first-order valence-corrected chi connectivity index (χ1v) is 6.15. The average Bonchev–Trinajstić information content (AvgIpc) is 2.33. The van der Waals surface area contributed by atoms with E-state index in [1.807, 2.05) is 12.1 Å². The highest BCUT2D eigenvalue weighted by atomic mass is 79.9. The molecule has 0 bridgehead atoms. The third-order valence-corrected chi connectivity index (χ3v) is 3.03. The van der Waals surface area contributed by atoms with Crippen molar-refractivity contribution >= 4 is 33.0 Å². The number of nitrogens with two attached hydrogens (primary N) is 1. The van der Waals surface area contributed by atoms with Gasteiger partial charge in [-0.3, -0.25) is 0 Å². The van der Waals surface area contributed by atoms with Crippen LogP contribution in [0.3, 0.4) is 0 Å². The Morgan fingerprint density at radius 1 is 1.00 bits per heavy atom. The predicted molar refractivity (Wildman–Crippen MR) is 73.3 cm³/mol. The highest BCUT2D eigenvalue weighted by Gasteiger charge is 2.30. The molecule has 2 rings (SSSR count). The molecule has 0 saturated heterocycles. The summed E-state index contributed by atoms with van der Waals surface area (Å²) >= 11 is 3.30. The topological polar surface area (TPSA) is 38.0 Å². The number of rotatable bonds is 2. The normalized spacial score (nSPS) is 11.4. The van der Waals surface area contributed by atoms with Crippen LogP contribution in [0.15, 0.2) is 46.9 Å². The van der Waals surface area contributed by atoms with Crippen molar-refractivity contribution < 1.29 is 13.2 Å². The first-order valence-electron chi connectivity index (χ1n) is 5.35. The Hall–Kier alpha value is -1.69. The van der Waals surface area contributed by atoms with Crippen LogP contribution in [-0.2, 0) is 6.18 Å². The van der Waals surface area contributed by atoms with Crippen molar-refractivity contribution in [2.75, 3.05) is 11.1 Å². The van der Waals surface area contributed by atoms with Gasteiger partial charge >= 0.3 is 6.18 Å². The van der Waals surface area contributed by atoms with Crippen molar-refractivity contribution in [2.24, 2.45) is 0 Å². The van der Waals surface area contributed by atoms with Crippen molar-refractivity contribution in [3.8, 4) is 0 Å². The van der Waals surface area contributed by atoms with Gasteiger partial charge in [0.15, 0.2) is 0 Å². The lowest BCUT2D eigenvalue weighted by Gasteiger charge is -2.12. The maximum atomic E-state index is 12.5. The van der Waals surface area contributed by atoms with E-state index in [-0.39, 0.29) is 5.69 Å². The fraction of sp³-hybridized carbons (Fsp3) is 0.0769. The van der Waals surface area contributed by atoms with Gasteiger partial charge in [-0.05, 0) is 42.5 Å². The van der Waals surface area contributed by atoms with Crippen molar-refractivity contribution in [2.45, 2.75) is 6.18 Å². The van der Waals surface area contributed by atoms with Crippen molar-refractivity contribution in [1.82, 2.24) is 0 Å². The lowest BCUT2D eigenvalue weighted by molar-refractivity contribution is -0.137. The number of hydrogen-bond acceptors (Lipinski definition) is 2. The van der Waals surface area contributed by atoms with E-state index in [4.69, 9.17) is 5.73 Å². The van der Waals surface area contributed by atoms with E-state index >= 15 is 0 Å². The van der Waals surface area contributed by atoms with E-state index < -0.39 is 11.7 Å². The molecule has 3 N–H and O–H groups in total. The SMILES string of the molecule is Nc1cc(C(F)(F)F)ccc1Nc1ccc(Br)cc1.